The van der Waals surface area contributed by atoms with Crippen LogP contribution in [0.1, 0.15) is 90.5 Å². The van der Waals surface area contributed by atoms with Gasteiger partial charge in [-0.05, 0) is 92.3 Å². The molecule has 254 valence electrons. The summed E-state index contributed by atoms with van der Waals surface area (Å²) in [5.41, 5.74) is -1.13. The summed E-state index contributed by atoms with van der Waals surface area (Å²) in [6, 6.07) is 3.03. The maximum Gasteiger partial charge on any atom is 0.410 e. The minimum atomic E-state index is -3.05. The highest BCUT2D eigenvalue weighted by Gasteiger charge is 2.36. The van der Waals surface area contributed by atoms with Gasteiger partial charge in [0.1, 0.15) is 11.2 Å². The molecular formula is C32H44F2N4O8. The van der Waals surface area contributed by atoms with Crippen molar-refractivity contribution < 1.29 is 46.5 Å². The lowest BCUT2D eigenvalue weighted by Gasteiger charge is -2.40. The van der Waals surface area contributed by atoms with Crippen molar-refractivity contribution in [3.8, 4) is 23.0 Å². The minimum Gasteiger partial charge on any atom is -0.489 e. The van der Waals surface area contributed by atoms with E-state index in [1.165, 1.54) is 18.2 Å². The molecule has 0 bridgehead atoms. The Morgan fingerprint density at radius 1 is 1.04 bits per heavy atom. The molecule has 2 aromatic rings. The molecule has 46 heavy (non-hydrogen) atoms. The van der Waals surface area contributed by atoms with Crippen molar-refractivity contribution in [1.29, 1.82) is 0 Å². The number of halogens is 2. The second-order valence-corrected chi connectivity index (χ2v) is 13.7. The number of carbonyl (C=O) groups excluding carboxylic acids is 3. The highest BCUT2D eigenvalue weighted by Crippen LogP contribution is 2.37. The molecular weight excluding hydrogens is 606 g/mol. The summed E-state index contributed by atoms with van der Waals surface area (Å²) in [7, 11) is 0. The third-order valence-electron chi connectivity index (χ3n) is 7.10. The number of alkyl carbamates (subject to hydrolysis) is 1. The highest BCUT2D eigenvalue weighted by atomic mass is 19.3. The summed E-state index contributed by atoms with van der Waals surface area (Å²) in [5, 5.41) is 2.69. The minimum absolute atomic E-state index is 0.0103. The van der Waals surface area contributed by atoms with Crippen LogP contribution in [0, 0.1) is 5.92 Å². The lowest BCUT2D eigenvalue weighted by atomic mass is 10.1. The number of hydrogen-bond donors (Lipinski definition) is 1. The third kappa shape index (κ3) is 9.46. The Morgan fingerprint density at radius 3 is 2.30 bits per heavy atom. The highest BCUT2D eigenvalue weighted by molar-refractivity contribution is 5.94. The van der Waals surface area contributed by atoms with Crippen LogP contribution in [0.5, 0.6) is 11.5 Å². The molecule has 2 aliphatic rings. The van der Waals surface area contributed by atoms with Crippen molar-refractivity contribution in [2.24, 2.45) is 5.92 Å². The fourth-order valence-electron chi connectivity index (χ4n) is 4.78. The Bertz CT molecular complexity index is 1410. The molecule has 2 fully saturated rings. The summed E-state index contributed by atoms with van der Waals surface area (Å²) in [5.74, 6) is -0.0967. The average molecular weight is 651 g/mol. The van der Waals surface area contributed by atoms with Crippen molar-refractivity contribution in [3.63, 3.8) is 0 Å². The van der Waals surface area contributed by atoms with Gasteiger partial charge in [-0.1, -0.05) is 0 Å². The van der Waals surface area contributed by atoms with Crippen LogP contribution in [0.15, 0.2) is 22.6 Å². The Kier molecular flexibility index (Phi) is 10.4. The van der Waals surface area contributed by atoms with Gasteiger partial charge in [0.2, 0.25) is 5.89 Å². The van der Waals surface area contributed by atoms with E-state index in [4.69, 9.17) is 18.6 Å². The van der Waals surface area contributed by atoms with Crippen LogP contribution in [0.25, 0.3) is 11.5 Å². The molecule has 1 saturated carbocycles. The Balaban J connectivity index is 1.64. The first kappa shape index (κ1) is 34.8. The zero-order valence-corrected chi connectivity index (χ0v) is 27.6. The van der Waals surface area contributed by atoms with Crippen LogP contribution >= 0.6 is 0 Å². The van der Waals surface area contributed by atoms with Crippen LogP contribution in [-0.2, 0) is 9.47 Å². The standard InChI is InChI=1S/C32H44F2N4O8/c1-18-16-37(30(41)46-32(6,7)8)13-14-38(18)27(39)24-25(19(2)35-29(40)45-31(3,4)5)44-26(36-24)21-11-12-22(43-28(33)34)23(15-21)42-17-20-9-10-20/h11-12,15,18-20,28H,9-10,13-14,16-17H2,1-8H3,(H,35,40)/t18?,19-/m0/s1. The van der Waals surface area contributed by atoms with Gasteiger partial charge in [-0.3, -0.25) is 4.79 Å². The van der Waals surface area contributed by atoms with E-state index in [-0.39, 0.29) is 48.5 Å². The van der Waals surface area contributed by atoms with E-state index in [9.17, 15) is 23.2 Å². The fraction of sp³-hybridized carbons (Fsp3) is 0.625. The Labute approximate surface area is 267 Å². The number of hydrogen-bond acceptors (Lipinski definition) is 9. The molecule has 14 heteroatoms. The topological polar surface area (TPSA) is 133 Å². The normalized spacial score (nSPS) is 17.8. The van der Waals surface area contributed by atoms with Crippen LogP contribution < -0.4 is 14.8 Å². The van der Waals surface area contributed by atoms with Gasteiger partial charge in [0.25, 0.3) is 5.91 Å². The van der Waals surface area contributed by atoms with Gasteiger partial charge in [0, 0.05) is 31.2 Å². The lowest BCUT2D eigenvalue weighted by molar-refractivity contribution is -0.0515. The maximum atomic E-state index is 14.0. The maximum absolute atomic E-state index is 14.0. The summed E-state index contributed by atoms with van der Waals surface area (Å²) in [6.45, 7) is 11.9. The van der Waals surface area contributed by atoms with E-state index in [1.807, 2.05) is 6.92 Å². The number of benzene rings is 1. The van der Waals surface area contributed by atoms with Crippen molar-refractivity contribution in [2.45, 2.75) is 98.1 Å². The van der Waals surface area contributed by atoms with E-state index in [0.717, 1.165) is 12.8 Å². The van der Waals surface area contributed by atoms with E-state index >= 15 is 0 Å². The molecule has 1 N–H and O–H groups in total. The summed E-state index contributed by atoms with van der Waals surface area (Å²) in [6.07, 6.45) is 0.795. The van der Waals surface area contributed by atoms with Crippen LogP contribution in [0.2, 0.25) is 0 Å². The largest absolute Gasteiger partial charge is 0.489 e. The van der Waals surface area contributed by atoms with Gasteiger partial charge in [-0.15, -0.1) is 0 Å². The van der Waals surface area contributed by atoms with Gasteiger partial charge < -0.3 is 38.5 Å². The lowest BCUT2D eigenvalue weighted by Crippen LogP contribution is -2.56. The molecule has 12 nitrogen and oxygen atoms in total. The molecule has 1 aliphatic carbocycles. The number of alkyl halides is 2. The van der Waals surface area contributed by atoms with E-state index in [2.05, 4.69) is 15.0 Å². The number of aromatic nitrogens is 1. The van der Waals surface area contributed by atoms with Gasteiger partial charge in [-0.25, -0.2) is 14.6 Å². The van der Waals surface area contributed by atoms with E-state index < -0.39 is 48.0 Å². The number of nitrogens with zero attached hydrogens (tertiary/aromatic N) is 3. The van der Waals surface area contributed by atoms with Crippen LogP contribution in [-0.4, -0.2) is 83.0 Å². The SMILES string of the molecule is CC1CN(C(=O)OC(C)(C)C)CCN1C(=O)c1nc(-c2ccc(OC(F)F)c(OCC3CC3)c2)oc1[C@H](C)NC(=O)OC(C)(C)C. The van der Waals surface area contributed by atoms with E-state index in [1.54, 1.807) is 58.3 Å². The Morgan fingerprint density at radius 2 is 1.72 bits per heavy atom. The molecule has 1 aromatic heterocycles. The first-order valence-electron chi connectivity index (χ1n) is 15.4. The molecule has 2 atom stereocenters. The quantitative estimate of drug-likeness (QED) is 0.327. The third-order valence-corrected chi connectivity index (χ3v) is 7.10. The number of amides is 3. The molecule has 0 radical (unpaired) electrons. The number of oxazole rings is 1. The average Bonchev–Trinajstić information content (AvgIpc) is 3.64. The molecule has 1 aliphatic heterocycles. The first-order valence-corrected chi connectivity index (χ1v) is 15.4. The van der Waals surface area contributed by atoms with Crippen molar-refractivity contribution in [2.75, 3.05) is 26.2 Å². The summed E-state index contributed by atoms with van der Waals surface area (Å²) >= 11 is 0. The molecule has 1 aromatic carbocycles. The van der Waals surface area contributed by atoms with Crippen LogP contribution in [0.4, 0.5) is 18.4 Å². The second-order valence-electron chi connectivity index (χ2n) is 13.7. The molecule has 3 amide bonds. The number of carbonyl (C=O) groups is 3. The number of piperazine rings is 1. The molecule has 1 saturated heterocycles. The predicted molar refractivity (Wildman–Crippen MR) is 163 cm³/mol. The molecule has 4 rings (SSSR count). The van der Waals surface area contributed by atoms with Gasteiger partial charge in [0.05, 0.1) is 12.6 Å². The summed E-state index contributed by atoms with van der Waals surface area (Å²) in [4.78, 5) is 47.0. The monoisotopic (exact) mass is 650 g/mol. The molecule has 2 heterocycles. The number of ether oxygens (including phenoxy) is 4. The van der Waals surface area contributed by atoms with Crippen molar-refractivity contribution in [3.05, 3.63) is 29.7 Å². The predicted octanol–water partition coefficient (Wildman–Crippen LogP) is 6.40. The van der Waals surface area contributed by atoms with Gasteiger partial charge in [-0.2, -0.15) is 8.78 Å². The number of rotatable bonds is 9. The van der Waals surface area contributed by atoms with Crippen molar-refractivity contribution >= 4 is 18.1 Å². The zero-order valence-electron chi connectivity index (χ0n) is 27.6. The van der Waals surface area contributed by atoms with Gasteiger partial charge in [0.15, 0.2) is 23.0 Å². The van der Waals surface area contributed by atoms with E-state index in [0.29, 0.717) is 18.1 Å². The Hall–Kier alpha value is -4.10. The van der Waals surface area contributed by atoms with Crippen LogP contribution in [0.3, 0.4) is 0 Å². The van der Waals surface area contributed by atoms with Gasteiger partial charge >= 0.3 is 18.8 Å². The molecule has 0 spiro atoms. The fourth-order valence-corrected chi connectivity index (χ4v) is 4.78. The summed E-state index contributed by atoms with van der Waals surface area (Å²) < 4.78 is 53.7. The zero-order chi connectivity index (χ0) is 34.0. The second kappa shape index (κ2) is 13.7. The van der Waals surface area contributed by atoms with Crippen molar-refractivity contribution in [1.82, 2.24) is 20.1 Å². The number of nitrogens with one attached hydrogen (secondary N) is 1. The smallest absolute Gasteiger partial charge is 0.410 e. The molecule has 1 unspecified atom stereocenters. The first-order chi connectivity index (χ1) is 21.4.